The molecule has 3 rings (SSSR count). The molecule has 0 N–H and O–H groups in total. The number of esters is 2. The van der Waals surface area contributed by atoms with Gasteiger partial charge in [0, 0.05) is 19.8 Å². The van der Waals surface area contributed by atoms with Crippen LogP contribution < -0.4 is 0 Å². The minimum absolute atomic E-state index is 0.208. The van der Waals surface area contributed by atoms with Gasteiger partial charge in [0.2, 0.25) is 0 Å². The van der Waals surface area contributed by atoms with Crippen molar-refractivity contribution in [2.24, 2.45) is 28.6 Å². The summed E-state index contributed by atoms with van der Waals surface area (Å²) in [6.45, 7) is 10.2. The van der Waals surface area contributed by atoms with Crippen LogP contribution in [0.15, 0.2) is 0 Å². The van der Waals surface area contributed by atoms with E-state index in [1.807, 2.05) is 0 Å². The van der Waals surface area contributed by atoms with Crippen LogP contribution in [0.1, 0.15) is 66.7 Å². The van der Waals surface area contributed by atoms with Crippen molar-refractivity contribution in [3.8, 4) is 0 Å². The molecule has 0 saturated heterocycles. The summed E-state index contributed by atoms with van der Waals surface area (Å²) in [5.41, 5.74) is 0.00426. The maximum atomic E-state index is 11.8. The third-order valence-electron chi connectivity index (χ3n) is 6.78. The molecule has 0 spiro atoms. The normalized spacial score (nSPS) is 43.8. The second-order valence-corrected chi connectivity index (χ2v) is 9.17. The molecule has 23 heavy (non-hydrogen) atoms. The predicted octanol–water partition coefficient (Wildman–Crippen LogP) is 3.72. The first-order valence-electron chi connectivity index (χ1n) is 8.91. The molecule has 0 aromatic rings. The highest BCUT2D eigenvalue weighted by Crippen LogP contribution is 2.71. The quantitative estimate of drug-likeness (QED) is 0.743. The Bertz CT molecular complexity index is 525. The fourth-order valence-electron chi connectivity index (χ4n) is 5.69. The van der Waals surface area contributed by atoms with E-state index in [-0.39, 0.29) is 24.0 Å². The summed E-state index contributed by atoms with van der Waals surface area (Å²) < 4.78 is 11.2. The molecule has 130 valence electrons. The van der Waals surface area contributed by atoms with Gasteiger partial charge in [0.25, 0.3) is 0 Å². The Labute approximate surface area is 139 Å². The van der Waals surface area contributed by atoms with E-state index in [1.54, 1.807) is 0 Å². The van der Waals surface area contributed by atoms with Crippen LogP contribution in [-0.2, 0) is 19.1 Å². The molecule has 0 amide bonds. The first-order valence-corrected chi connectivity index (χ1v) is 8.91. The molecule has 0 aromatic heterocycles. The average Bonchev–Trinajstić information content (AvgIpc) is 2.91. The van der Waals surface area contributed by atoms with Gasteiger partial charge in [-0.3, -0.25) is 9.59 Å². The molecule has 3 saturated carbocycles. The highest BCUT2D eigenvalue weighted by Gasteiger charge is 2.67. The Morgan fingerprint density at radius 2 is 1.70 bits per heavy atom. The van der Waals surface area contributed by atoms with E-state index in [0.29, 0.717) is 17.3 Å². The summed E-state index contributed by atoms with van der Waals surface area (Å²) in [6.07, 6.45) is 5.47. The topological polar surface area (TPSA) is 52.6 Å². The van der Waals surface area contributed by atoms with Crippen LogP contribution in [0, 0.1) is 28.6 Å². The molecule has 0 bridgehead atoms. The Balaban J connectivity index is 1.93. The van der Waals surface area contributed by atoms with Crippen LogP contribution in [0.3, 0.4) is 0 Å². The van der Waals surface area contributed by atoms with Gasteiger partial charge in [-0.2, -0.15) is 0 Å². The lowest BCUT2D eigenvalue weighted by Gasteiger charge is -2.40. The second-order valence-electron chi connectivity index (χ2n) is 9.17. The lowest BCUT2D eigenvalue weighted by Crippen LogP contribution is -2.46. The molecule has 0 radical (unpaired) electrons. The van der Waals surface area contributed by atoms with Crippen molar-refractivity contribution in [2.45, 2.75) is 72.3 Å². The van der Waals surface area contributed by atoms with Crippen LogP contribution in [-0.4, -0.2) is 24.1 Å². The smallest absolute Gasteiger partial charge is 0.303 e. The highest BCUT2D eigenvalue weighted by atomic mass is 16.6. The van der Waals surface area contributed by atoms with Crippen molar-refractivity contribution in [3.05, 3.63) is 0 Å². The number of carbonyl (C=O) groups excluding carboxylic acids is 2. The van der Waals surface area contributed by atoms with Crippen LogP contribution in [0.5, 0.6) is 0 Å². The van der Waals surface area contributed by atoms with Crippen LogP contribution in [0.25, 0.3) is 0 Å². The zero-order chi connectivity index (χ0) is 17.0. The summed E-state index contributed by atoms with van der Waals surface area (Å²) in [5.74, 6) is 1.09. The minimum Gasteiger partial charge on any atom is -0.462 e. The second kappa shape index (κ2) is 5.22. The van der Waals surface area contributed by atoms with E-state index in [2.05, 4.69) is 20.8 Å². The van der Waals surface area contributed by atoms with Crippen molar-refractivity contribution >= 4 is 11.9 Å². The van der Waals surface area contributed by atoms with Gasteiger partial charge in [-0.1, -0.05) is 20.8 Å². The van der Waals surface area contributed by atoms with Gasteiger partial charge in [0.1, 0.15) is 12.2 Å². The van der Waals surface area contributed by atoms with E-state index in [9.17, 15) is 9.59 Å². The maximum absolute atomic E-state index is 11.8. The SMILES string of the molecule is CC(=O)OC[C@]1(OC(C)=O)CCC2C1CC(C)(C)C[C@H]1C[C@@]21C. The fourth-order valence-corrected chi connectivity index (χ4v) is 5.69. The van der Waals surface area contributed by atoms with Crippen molar-refractivity contribution in [1.29, 1.82) is 0 Å². The lowest BCUT2D eigenvalue weighted by molar-refractivity contribution is -0.178. The number of rotatable bonds is 3. The molecule has 4 heteroatoms. The van der Waals surface area contributed by atoms with Crippen LogP contribution >= 0.6 is 0 Å². The summed E-state index contributed by atoms with van der Waals surface area (Å²) in [5, 5.41) is 0. The van der Waals surface area contributed by atoms with Crippen molar-refractivity contribution in [3.63, 3.8) is 0 Å². The number of carbonyl (C=O) groups is 2. The Morgan fingerprint density at radius 1 is 1.00 bits per heavy atom. The van der Waals surface area contributed by atoms with Gasteiger partial charge in [0.15, 0.2) is 0 Å². The third-order valence-corrected chi connectivity index (χ3v) is 6.78. The van der Waals surface area contributed by atoms with Crippen molar-refractivity contribution < 1.29 is 19.1 Å². The molecule has 2 unspecified atom stereocenters. The summed E-state index contributed by atoms with van der Waals surface area (Å²) >= 11 is 0. The highest BCUT2D eigenvalue weighted by molar-refractivity contribution is 5.67. The number of hydrogen-bond acceptors (Lipinski definition) is 4. The van der Waals surface area contributed by atoms with Gasteiger partial charge in [-0.15, -0.1) is 0 Å². The first-order chi connectivity index (χ1) is 10.6. The summed E-state index contributed by atoms with van der Waals surface area (Å²) in [7, 11) is 0. The van der Waals surface area contributed by atoms with Crippen molar-refractivity contribution in [2.75, 3.05) is 6.61 Å². The molecule has 0 heterocycles. The lowest BCUT2D eigenvalue weighted by atomic mass is 9.72. The number of ether oxygens (including phenoxy) is 2. The van der Waals surface area contributed by atoms with E-state index in [1.165, 1.54) is 26.7 Å². The zero-order valence-electron chi connectivity index (χ0n) is 15.1. The molecule has 3 fully saturated rings. The molecule has 3 aliphatic rings. The van der Waals surface area contributed by atoms with Crippen LogP contribution in [0.2, 0.25) is 0 Å². The van der Waals surface area contributed by atoms with Gasteiger partial charge < -0.3 is 9.47 Å². The molecular weight excluding hydrogens is 292 g/mol. The molecule has 4 nitrogen and oxygen atoms in total. The van der Waals surface area contributed by atoms with Gasteiger partial charge in [0.05, 0.1) is 0 Å². The zero-order valence-corrected chi connectivity index (χ0v) is 15.1. The van der Waals surface area contributed by atoms with Gasteiger partial charge >= 0.3 is 11.9 Å². The van der Waals surface area contributed by atoms with E-state index in [0.717, 1.165) is 25.2 Å². The Morgan fingerprint density at radius 3 is 2.30 bits per heavy atom. The minimum atomic E-state index is -0.625. The molecular formula is C19H30O4. The van der Waals surface area contributed by atoms with Gasteiger partial charge in [-0.05, 0) is 54.8 Å². The predicted molar refractivity (Wildman–Crippen MR) is 86.6 cm³/mol. The first kappa shape index (κ1) is 16.8. The average molecular weight is 322 g/mol. The van der Waals surface area contributed by atoms with Gasteiger partial charge in [-0.25, -0.2) is 0 Å². The van der Waals surface area contributed by atoms with E-state index < -0.39 is 5.60 Å². The van der Waals surface area contributed by atoms with E-state index >= 15 is 0 Å². The Kier molecular flexibility index (Phi) is 3.81. The fraction of sp³-hybridized carbons (Fsp3) is 0.895. The third kappa shape index (κ3) is 2.89. The molecule has 5 atom stereocenters. The van der Waals surface area contributed by atoms with Crippen molar-refractivity contribution in [1.82, 2.24) is 0 Å². The number of fused-ring (bicyclic) bond motifs is 3. The molecule has 0 aliphatic heterocycles. The number of hydrogen-bond donors (Lipinski definition) is 0. The maximum Gasteiger partial charge on any atom is 0.303 e. The Hall–Kier alpha value is -1.06. The molecule has 3 aliphatic carbocycles. The standard InChI is InChI=1S/C19H30O4/c1-12(20)22-11-19(23-13(2)21)7-6-15-16(19)10-17(3,4)8-14-9-18(14,15)5/h14-16H,6-11H2,1-5H3/t14-,15?,16?,18+,19+/m0/s1. The summed E-state index contributed by atoms with van der Waals surface area (Å²) in [4.78, 5) is 23.1. The molecule has 0 aromatic carbocycles. The summed E-state index contributed by atoms with van der Waals surface area (Å²) in [6, 6.07) is 0. The van der Waals surface area contributed by atoms with E-state index in [4.69, 9.17) is 9.47 Å². The largest absolute Gasteiger partial charge is 0.462 e. The monoisotopic (exact) mass is 322 g/mol. The van der Waals surface area contributed by atoms with Crippen LogP contribution in [0.4, 0.5) is 0 Å².